The van der Waals surface area contributed by atoms with Crippen LogP contribution in [0.25, 0.3) is 11.1 Å². The van der Waals surface area contributed by atoms with Crippen molar-refractivity contribution in [2.24, 2.45) is 4.99 Å². The molecule has 2 aliphatic heterocycles. The number of hydrogen-bond acceptors (Lipinski definition) is 5. The van der Waals surface area contributed by atoms with Crippen LogP contribution >= 0.6 is 0 Å². The lowest BCUT2D eigenvalue weighted by atomic mass is 9.73. The predicted molar refractivity (Wildman–Crippen MR) is 219 cm³/mol. The van der Waals surface area contributed by atoms with Gasteiger partial charge in [0.2, 0.25) is 5.90 Å². The second kappa shape index (κ2) is 13.2. The monoisotopic (exact) mass is 703 g/mol. The molecule has 0 saturated heterocycles. The van der Waals surface area contributed by atoms with Gasteiger partial charge in [0.1, 0.15) is 23.4 Å². The number of nitrogens with zero attached hydrogens (tertiary/aromatic N) is 3. The first-order chi connectivity index (χ1) is 25.3. The maximum atomic E-state index is 6.96. The molecule has 0 unspecified atom stereocenters. The number of aliphatic imine (C=N–C) groups is 1. The van der Waals surface area contributed by atoms with Crippen LogP contribution in [0.2, 0.25) is 0 Å². The summed E-state index contributed by atoms with van der Waals surface area (Å²) in [5, 5.41) is 0. The molecule has 5 heteroatoms. The highest BCUT2D eigenvalue weighted by Gasteiger charge is 2.38. The highest BCUT2D eigenvalue weighted by molar-refractivity contribution is 5.97. The summed E-state index contributed by atoms with van der Waals surface area (Å²) in [6.45, 7) is 20.5. The van der Waals surface area contributed by atoms with Gasteiger partial charge in [-0.25, -0.2) is 9.98 Å². The molecule has 0 spiro atoms. The molecule has 5 nitrogen and oxygen atoms in total. The lowest BCUT2D eigenvalue weighted by Gasteiger charge is -2.41. The van der Waals surface area contributed by atoms with Crippen LogP contribution in [0, 0.1) is 0 Å². The van der Waals surface area contributed by atoms with Gasteiger partial charge in [0.05, 0.1) is 17.4 Å². The van der Waals surface area contributed by atoms with Crippen LogP contribution in [-0.4, -0.2) is 23.0 Å². The Morgan fingerprint density at radius 2 is 1.47 bits per heavy atom. The Hall–Kier alpha value is -4.90. The number of rotatable bonds is 7. The molecule has 0 N–H and O–H groups in total. The van der Waals surface area contributed by atoms with Crippen LogP contribution in [-0.2, 0) is 15.6 Å². The first-order valence-electron chi connectivity index (χ1n) is 19.5. The molecule has 1 fully saturated rings. The minimum Gasteiger partial charge on any atom is -0.472 e. The summed E-state index contributed by atoms with van der Waals surface area (Å²) >= 11 is 0. The average molecular weight is 704 g/mol. The van der Waals surface area contributed by atoms with Gasteiger partial charge in [0.15, 0.2) is 0 Å². The number of hydrogen-bond donors (Lipinski definition) is 0. The summed E-state index contributed by atoms with van der Waals surface area (Å²) in [5.74, 6) is 3.89. The summed E-state index contributed by atoms with van der Waals surface area (Å²) in [5.41, 5.74) is 11.8. The average Bonchev–Trinajstić information content (AvgIpc) is 3.74. The van der Waals surface area contributed by atoms with E-state index in [2.05, 4.69) is 158 Å². The van der Waals surface area contributed by atoms with Crippen molar-refractivity contribution in [3.05, 3.63) is 131 Å². The molecular weight excluding hydrogens is 651 g/mol. The fraction of sp³-hybridized carbons (Fsp3) is 0.375. The lowest BCUT2D eigenvalue weighted by Crippen LogP contribution is -2.31. The van der Waals surface area contributed by atoms with Gasteiger partial charge in [-0.2, -0.15) is 0 Å². The molecule has 0 bridgehead atoms. The zero-order chi connectivity index (χ0) is 37.2. The normalized spacial score (nSPS) is 18.8. The molecule has 3 heterocycles. The van der Waals surface area contributed by atoms with Crippen molar-refractivity contribution in [1.29, 1.82) is 0 Å². The SMILES string of the molecule is CC(C)c1cccc(C(C)C)c1-c1cc(Oc2ccc3c(c2)N(c2cc(C(C)(C)C)ccn2)c2ccccc2C3(C)C)cc(C2=N[C@@H]3CCC[C@@H]3O2)c1. The van der Waals surface area contributed by atoms with E-state index >= 15 is 0 Å². The Bertz CT molecular complexity index is 2200. The Morgan fingerprint density at radius 3 is 2.19 bits per heavy atom. The van der Waals surface area contributed by atoms with Gasteiger partial charge in [-0.3, -0.25) is 4.90 Å². The number of benzene rings is 4. The van der Waals surface area contributed by atoms with E-state index in [1.165, 1.54) is 39.8 Å². The maximum absolute atomic E-state index is 6.96. The van der Waals surface area contributed by atoms with Crippen molar-refractivity contribution >= 4 is 23.1 Å². The Labute approximate surface area is 316 Å². The molecule has 0 amide bonds. The van der Waals surface area contributed by atoms with E-state index in [1.54, 1.807) is 0 Å². The van der Waals surface area contributed by atoms with E-state index in [0.717, 1.165) is 58.6 Å². The molecule has 1 aliphatic carbocycles. The predicted octanol–water partition coefficient (Wildman–Crippen LogP) is 12.9. The van der Waals surface area contributed by atoms with Crippen LogP contribution < -0.4 is 9.64 Å². The molecule has 3 aliphatic rings. The van der Waals surface area contributed by atoms with Crippen LogP contribution in [0.3, 0.4) is 0 Å². The van der Waals surface area contributed by atoms with E-state index < -0.39 is 0 Å². The van der Waals surface area contributed by atoms with Gasteiger partial charge in [-0.1, -0.05) is 105 Å². The zero-order valence-corrected chi connectivity index (χ0v) is 32.8. The summed E-state index contributed by atoms with van der Waals surface area (Å²) in [4.78, 5) is 12.4. The molecule has 0 radical (unpaired) electrons. The summed E-state index contributed by atoms with van der Waals surface area (Å²) in [6, 6.07) is 33.2. The van der Waals surface area contributed by atoms with Crippen molar-refractivity contribution < 1.29 is 9.47 Å². The molecule has 272 valence electrons. The third-order valence-corrected chi connectivity index (χ3v) is 11.6. The number of anilines is 3. The molecule has 4 aromatic carbocycles. The Balaban J connectivity index is 1.27. The van der Waals surface area contributed by atoms with Gasteiger partial charge in [0, 0.05) is 23.2 Å². The highest BCUT2D eigenvalue weighted by atomic mass is 16.5. The quantitative estimate of drug-likeness (QED) is 0.169. The molecule has 53 heavy (non-hydrogen) atoms. The second-order valence-corrected chi connectivity index (χ2v) is 17.4. The number of pyridine rings is 1. The third kappa shape index (κ3) is 6.32. The Kier molecular flexibility index (Phi) is 8.75. The Morgan fingerprint density at radius 1 is 0.755 bits per heavy atom. The third-order valence-electron chi connectivity index (χ3n) is 11.6. The van der Waals surface area contributed by atoms with Crippen molar-refractivity contribution in [3.8, 4) is 22.6 Å². The molecule has 8 rings (SSSR count). The number of ether oxygens (including phenoxy) is 2. The van der Waals surface area contributed by atoms with Crippen molar-refractivity contribution in [2.45, 2.75) is 116 Å². The smallest absolute Gasteiger partial charge is 0.216 e. The number of fused-ring (bicyclic) bond motifs is 3. The van der Waals surface area contributed by atoms with Gasteiger partial charge in [-0.05, 0) is 118 Å². The maximum Gasteiger partial charge on any atom is 0.216 e. The van der Waals surface area contributed by atoms with E-state index in [9.17, 15) is 0 Å². The van der Waals surface area contributed by atoms with Crippen LogP contribution in [0.4, 0.5) is 17.2 Å². The van der Waals surface area contributed by atoms with Crippen LogP contribution in [0.5, 0.6) is 11.5 Å². The molecule has 2 atom stereocenters. The lowest BCUT2D eigenvalue weighted by molar-refractivity contribution is 0.211. The molecular formula is C48H53N3O2. The topological polar surface area (TPSA) is 47.0 Å². The van der Waals surface area contributed by atoms with Crippen molar-refractivity contribution in [1.82, 2.24) is 4.98 Å². The summed E-state index contributed by atoms with van der Waals surface area (Å²) in [6.07, 6.45) is 5.44. The largest absolute Gasteiger partial charge is 0.472 e. The number of aromatic nitrogens is 1. The highest BCUT2D eigenvalue weighted by Crippen LogP contribution is 2.53. The number of para-hydroxylation sites is 1. The van der Waals surface area contributed by atoms with Crippen molar-refractivity contribution in [2.75, 3.05) is 4.90 Å². The van der Waals surface area contributed by atoms with Gasteiger partial charge in [0.25, 0.3) is 0 Å². The van der Waals surface area contributed by atoms with E-state index in [1.807, 2.05) is 6.20 Å². The van der Waals surface area contributed by atoms with E-state index in [4.69, 9.17) is 19.5 Å². The summed E-state index contributed by atoms with van der Waals surface area (Å²) < 4.78 is 13.5. The van der Waals surface area contributed by atoms with E-state index in [0.29, 0.717) is 11.8 Å². The van der Waals surface area contributed by atoms with Crippen molar-refractivity contribution in [3.63, 3.8) is 0 Å². The van der Waals surface area contributed by atoms with E-state index in [-0.39, 0.29) is 23.0 Å². The summed E-state index contributed by atoms with van der Waals surface area (Å²) in [7, 11) is 0. The fourth-order valence-corrected chi connectivity index (χ4v) is 8.62. The fourth-order valence-electron chi connectivity index (χ4n) is 8.62. The van der Waals surface area contributed by atoms with Gasteiger partial charge >= 0.3 is 0 Å². The second-order valence-electron chi connectivity index (χ2n) is 17.4. The minimum atomic E-state index is -0.223. The zero-order valence-electron chi connectivity index (χ0n) is 32.8. The minimum absolute atomic E-state index is 0.0155. The standard InChI is InChI=1S/C48H53N3O2/c1-29(2)36-14-12-15-37(30(3)4)45(36)31-24-32(46-50-40-17-13-19-43(40)53-46)26-35(25-31)52-34-20-21-39-42(28-34)51(41-18-11-10-16-38(41)48(39,8)9)44-27-33(22-23-49-44)47(5,6)7/h10-12,14-16,18,20-30,40,43H,13,17,19H2,1-9H3/t40-,43+/m1/s1. The molecule has 5 aromatic rings. The van der Waals surface area contributed by atoms with Gasteiger partial charge in [-0.15, -0.1) is 0 Å². The van der Waals surface area contributed by atoms with Crippen LogP contribution in [0.1, 0.15) is 127 Å². The van der Waals surface area contributed by atoms with Crippen LogP contribution in [0.15, 0.2) is 102 Å². The first-order valence-corrected chi connectivity index (χ1v) is 19.5. The first kappa shape index (κ1) is 35.1. The molecule has 1 saturated carbocycles. The van der Waals surface area contributed by atoms with Gasteiger partial charge < -0.3 is 9.47 Å². The molecule has 1 aromatic heterocycles.